The van der Waals surface area contributed by atoms with E-state index in [1.807, 2.05) is 41.1 Å². The van der Waals surface area contributed by atoms with Crippen LogP contribution in [0.3, 0.4) is 0 Å². The van der Waals surface area contributed by atoms with Gasteiger partial charge in [-0.25, -0.2) is 0 Å². The van der Waals surface area contributed by atoms with Gasteiger partial charge in [0.05, 0.1) is 12.1 Å². The fourth-order valence-corrected chi connectivity index (χ4v) is 4.05. The highest BCUT2D eigenvalue weighted by Crippen LogP contribution is 2.25. The number of ketones is 1. The predicted molar refractivity (Wildman–Crippen MR) is 124 cm³/mol. The zero-order valence-electron chi connectivity index (χ0n) is 17.1. The van der Waals surface area contributed by atoms with E-state index in [1.54, 1.807) is 6.07 Å². The van der Waals surface area contributed by atoms with Crippen LogP contribution in [0.4, 0.5) is 0 Å². The number of carbonyl (C=O) groups excluding carboxylic acids is 1. The van der Waals surface area contributed by atoms with Crippen molar-refractivity contribution in [2.24, 2.45) is 0 Å². The van der Waals surface area contributed by atoms with Crippen LogP contribution in [0.1, 0.15) is 40.5 Å². The third-order valence-corrected chi connectivity index (χ3v) is 5.92. The van der Waals surface area contributed by atoms with Crippen LogP contribution < -0.4 is 17.0 Å². The van der Waals surface area contributed by atoms with Gasteiger partial charge in [-0.3, -0.25) is 9.48 Å². The Bertz CT molecular complexity index is 1200. The second-order valence-electron chi connectivity index (χ2n) is 7.35. The number of carbonyl (C=O) groups is 1. The molecule has 0 saturated heterocycles. The van der Waals surface area contributed by atoms with Crippen molar-refractivity contribution in [1.82, 2.24) is 9.78 Å². The molecule has 0 aliphatic rings. The Morgan fingerprint density at radius 1 is 0.968 bits per heavy atom. The summed E-state index contributed by atoms with van der Waals surface area (Å²) in [5.74, 6) is 0.0479. The number of hydrogen-bond donors (Lipinski definition) is 0. The lowest BCUT2D eigenvalue weighted by molar-refractivity contribution is -0.0000137. The molecule has 6 heteroatoms. The molecule has 160 valence electrons. The van der Waals surface area contributed by atoms with Gasteiger partial charge in [0.15, 0.2) is 5.78 Å². The Morgan fingerprint density at radius 2 is 1.68 bits per heavy atom. The molecular weight excluding hydrogens is 495 g/mol. The van der Waals surface area contributed by atoms with E-state index < -0.39 is 0 Å². The van der Waals surface area contributed by atoms with Crippen molar-refractivity contribution >= 4 is 39.9 Å². The molecule has 0 fully saturated rings. The molecule has 3 nitrogen and oxygen atoms in total. The van der Waals surface area contributed by atoms with Gasteiger partial charge in [0, 0.05) is 21.9 Å². The molecule has 31 heavy (non-hydrogen) atoms. The molecule has 0 spiro atoms. The van der Waals surface area contributed by atoms with Gasteiger partial charge in [-0.1, -0.05) is 78.7 Å². The number of nitrogens with zero attached hydrogens (tertiary/aromatic N) is 2. The summed E-state index contributed by atoms with van der Waals surface area (Å²) in [7, 11) is 0. The van der Waals surface area contributed by atoms with Crippen molar-refractivity contribution in [1.29, 1.82) is 0 Å². The number of para-hydroxylation sites is 1. The Hall–Kier alpha value is -2.14. The molecular formula is C25H22BrCl2N2O-. The van der Waals surface area contributed by atoms with Crippen LogP contribution in [0.15, 0.2) is 66.7 Å². The van der Waals surface area contributed by atoms with Crippen LogP contribution in [0, 0.1) is 0 Å². The van der Waals surface area contributed by atoms with E-state index in [9.17, 15) is 4.79 Å². The first-order chi connectivity index (χ1) is 14.5. The third-order valence-electron chi connectivity index (χ3n) is 5.33. The number of halogens is 3. The van der Waals surface area contributed by atoms with Gasteiger partial charge in [0.2, 0.25) is 0 Å². The van der Waals surface area contributed by atoms with E-state index in [0.29, 0.717) is 35.1 Å². The first-order valence-corrected chi connectivity index (χ1v) is 10.8. The molecule has 0 N–H and O–H groups in total. The number of fused-ring (bicyclic) bond motifs is 1. The highest BCUT2D eigenvalue weighted by atomic mass is 79.9. The molecule has 0 bridgehead atoms. The van der Waals surface area contributed by atoms with Crippen molar-refractivity contribution in [2.45, 2.75) is 32.7 Å². The average Bonchev–Trinajstić information content (AvgIpc) is 3.13. The standard InChI is InChI=1S/C25H22Cl2N2O.BrH/c1-2-17-7-9-18(10-8-17)11-14-24(30)25-21-5-3-4-6-23(21)29(28-25)16-19-12-13-20(26)15-22(19)27;/h3-10,12-13,15H,2,11,14,16H2,1H3;1H/p-1. The predicted octanol–water partition coefficient (Wildman–Crippen LogP) is 3.77. The summed E-state index contributed by atoms with van der Waals surface area (Å²) in [5, 5.41) is 6.72. The van der Waals surface area contributed by atoms with Gasteiger partial charge in [-0.15, -0.1) is 0 Å². The molecule has 0 amide bonds. The Kier molecular flexibility index (Phi) is 7.93. The van der Waals surface area contributed by atoms with Crippen molar-refractivity contribution in [3.8, 4) is 0 Å². The van der Waals surface area contributed by atoms with Gasteiger partial charge in [-0.05, 0) is 47.7 Å². The number of Topliss-reactive ketones (excluding diaryl/α,β-unsaturated/α-hetero) is 1. The fourth-order valence-electron chi connectivity index (χ4n) is 3.58. The highest BCUT2D eigenvalue weighted by Gasteiger charge is 2.17. The molecule has 3 aromatic carbocycles. The topological polar surface area (TPSA) is 34.9 Å². The molecule has 0 atom stereocenters. The molecule has 4 rings (SSSR count). The van der Waals surface area contributed by atoms with Crippen LogP contribution in [-0.2, 0) is 19.4 Å². The summed E-state index contributed by atoms with van der Waals surface area (Å²) in [5.41, 5.74) is 4.80. The maximum Gasteiger partial charge on any atom is 0.184 e. The van der Waals surface area contributed by atoms with Crippen LogP contribution in [0.5, 0.6) is 0 Å². The minimum Gasteiger partial charge on any atom is -1.00 e. The van der Waals surface area contributed by atoms with Gasteiger partial charge < -0.3 is 17.0 Å². The zero-order chi connectivity index (χ0) is 21.1. The van der Waals surface area contributed by atoms with Crippen molar-refractivity contribution < 1.29 is 21.8 Å². The van der Waals surface area contributed by atoms with E-state index in [2.05, 4.69) is 36.3 Å². The van der Waals surface area contributed by atoms with Crippen molar-refractivity contribution in [3.63, 3.8) is 0 Å². The van der Waals surface area contributed by atoms with Crippen molar-refractivity contribution in [3.05, 3.63) is 99.2 Å². The second kappa shape index (κ2) is 10.4. The van der Waals surface area contributed by atoms with Crippen LogP contribution >= 0.6 is 23.2 Å². The second-order valence-corrected chi connectivity index (χ2v) is 8.20. The lowest BCUT2D eigenvalue weighted by Gasteiger charge is -2.06. The highest BCUT2D eigenvalue weighted by molar-refractivity contribution is 6.35. The van der Waals surface area contributed by atoms with Crippen LogP contribution in [-0.4, -0.2) is 15.6 Å². The van der Waals surface area contributed by atoms with Crippen LogP contribution in [0.2, 0.25) is 10.0 Å². The summed E-state index contributed by atoms with van der Waals surface area (Å²) in [6.45, 7) is 2.61. The Balaban J connectivity index is 0.00000272. The minimum atomic E-state index is 0. The lowest BCUT2D eigenvalue weighted by atomic mass is 10.0. The summed E-state index contributed by atoms with van der Waals surface area (Å²) >= 11 is 12.4. The van der Waals surface area contributed by atoms with Gasteiger partial charge in [0.1, 0.15) is 5.69 Å². The van der Waals surface area contributed by atoms with E-state index in [0.717, 1.165) is 28.5 Å². The Labute approximate surface area is 202 Å². The third kappa shape index (κ3) is 5.38. The monoisotopic (exact) mass is 515 g/mol. The largest absolute Gasteiger partial charge is 1.00 e. The van der Waals surface area contributed by atoms with Gasteiger partial charge in [0.25, 0.3) is 0 Å². The van der Waals surface area contributed by atoms with Crippen molar-refractivity contribution in [2.75, 3.05) is 0 Å². The quantitative estimate of drug-likeness (QED) is 0.350. The molecule has 0 aliphatic carbocycles. The fraction of sp³-hybridized carbons (Fsp3) is 0.200. The molecule has 1 heterocycles. The SMILES string of the molecule is CCc1ccc(CCC(=O)c2nn(Cc3ccc(Cl)cc3Cl)c3ccccc23)cc1.[Br-]. The average molecular weight is 517 g/mol. The normalized spacial score (nSPS) is 10.8. The smallest absolute Gasteiger partial charge is 0.184 e. The minimum absolute atomic E-state index is 0. The summed E-state index contributed by atoms with van der Waals surface area (Å²) in [6, 6.07) is 21.7. The Morgan fingerprint density at radius 3 is 2.39 bits per heavy atom. The first-order valence-electron chi connectivity index (χ1n) is 10.1. The molecule has 0 unspecified atom stereocenters. The number of benzene rings is 3. The van der Waals surface area contributed by atoms with E-state index in [4.69, 9.17) is 23.2 Å². The van der Waals surface area contributed by atoms with E-state index >= 15 is 0 Å². The number of aromatic nitrogens is 2. The lowest BCUT2D eigenvalue weighted by Crippen LogP contribution is -3.00. The zero-order valence-corrected chi connectivity index (χ0v) is 20.2. The number of aryl methyl sites for hydroxylation is 2. The van der Waals surface area contributed by atoms with E-state index in [-0.39, 0.29) is 22.8 Å². The van der Waals surface area contributed by atoms with Crippen LogP contribution in [0.25, 0.3) is 10.9 Å². The summed E-state index contributed by atoms with van der Waals surface area (Å²) < 4.78 is 1.84. The van der Waals surface area contributed by atoms with E-state index in [1.165, 1.54) is 5.56 Å². The maximum atomic E-state index is 13.0. The first kappa shape index (κ1) is 23.5. The summed E-state index contributed by atoms with van der Waals surface area (Å²) in [6.07, 6.45) is 2.14. The number of rotatable bonds is 7. The molecule has 0 radical (unpaired) electrons. The number of hydrogen-bond acceptors (Lipinski definition) is 2. The summed E-state index contributed by atoms with van der Waals surface area (Å²) in [4.78, 5) is 13.0. The van der Waals surface area contributed by atoms with Gasteiger partial charge in [-0.2, -0.15) is 5.10 Å². The molecule has 4 aromatic rings. The van der Waals surface area contributed by atoms with Gasteiger partial charge >= 0.3 is 0 Å². The molecule has 1 aromatic heterocycles. The molecule has 0 saturated carbocycles. The molecule has 0 aliphatic heterocycles. The maximum absolute atomic E-state index is 13.0.